The highest BCUT2D eigenvalue weighted by atomic mass is 16.5. The summed E-state index contributed by atoms with van der Waals surface area (Å²) in [7, 11) is 1.73. The van der Waals surface area contributed by atoms with E-state index >= 15 is 0 Å². The molecular weight excluding hydrogens is 230 g/mol. The normalized spacial score (nSPS) is 16.8. The van der Waals surface area contributed by atoms with Gasteiger partial charge in [-0.15, -0.1) is 0 Å². The van der Waals surface area contributed by atoms with Gasteiger partial charge in [-0.1, -0.05) is 0 Å². The molecule has 98 valence electrons. The second-order valence-electron chi connectivity index (χ2n) is 5.03. The Balaban J connectivity index is 2.17. The van der Waals surface area contributed by atoms with Crippen molar-refractivity contribution in [2.45, 2.75) is 19.4 Å². The Morgan fingerprint density at radius 2 is 2.17 bits per heavy atom. The molecule has 0 aromatic heterocycles. The molecule has 0 spiro atoms. The number of benzene rings is 1. The van der Waals surface area contributed by atoms with Gasteiger partial charge in [-0.2, -0.15) is 0 Å². The standard InChI is InChI=1S/C13H19N3O2/c1-9(17)16(3)10-4-5-12(11(14)6-10)15-13(2)7-18-8-13/h4-6,15H,7-8,14H2,1-3H3. The van der Waals surface area contributed by atoms with Crippen LogP contribution in [0.1, 0.15) is 13.8 Å². The number of amides is 1. The van der Waals surface area contributed by atoms with E-state index in [1.807, 2.05) is 12.1 Å². The topological polar surface area (TPSA) is 67.6 Å². The fourth-order valence-electron chi connectivity index (χ4n) is 1.86. The Hall–Kier alpha value is -1.75. The van der Waals surface area contributed by atoms with Crippen molar-refractivity contribution in [1.82, 2.24) is 0 Å². The highest BCUT2D eigenvalue weighted by Crippen LogP contribution is 2.29. The monoisotopic (exact) mass is 249 g/mol. The lowest BCUT2D eigenvalue weighted by molar-refractivity contribution is -0.116. The molecule has 18 heavy (non-hydrogen) atoms. The van der Waals surface area contributed by atoms with Gasteiger partial charge < -0.3 is 20.7 Å². The van der Waals surface area contributed by atoms with Crippen molar-refractivity contribution >= 4 is 23.0 Å². The van der Waals surface area contributed by atoms with Crippen molar-refractivity contribution < 1.29 is 9.53 Å². The highest BCUT2D eigenvalue weighted by molar-refractivity contribution is 5.92. The molecule has 0 saturated carbocycles. The van der Waals surface area contributed by atoms with E-state index in [4.69, 9.17) is 10.5 Å². The van der Waals surface area contributed by atoms with Gasteiger partial charge in [0.1, 0.15) is 0 Å². The summed E-state index contributed by atoms with van der Waals surface area (Å²) in [5, 5.41) is 3.36. The summed E-state index contributed by atoms with van der Waals surface area (Å²) in [4.78, 5) is 12.8. The minimum Gasteiger partial charge on any atom is -0.397 e. The minimum atomic E-state index is -0.0396. The average Bonchev–Trinajstić information content (AvgIpc) is 2.28. The Kier molecular flexibility index (Phi) is 3.17. The Morgan fingerprint density at radius 3 is 2.61 bits per heavy atom. The van der Waals surface area contributed by atoms with Crippen LogP contribution in [0.3, 0.4) is 0 Å². The van der Waals surface area contributed by atoms with E-state index in [-0.39, 0.29) is 11.4 Å². The number of anilines is 3. The minimum absolute atomic E-state index is 0.0190. The molecule has 0 aliphatic carbocycles. The first kappa shape index (κ1) is 12.7. The summed E-state index contributed by atoms with van der Waals surface area (Å²) in [6.45, 7) is 4.98. The van der Waals surface area contributed by atoms with E-state index in [9.17, 15) is 4.79 Å². The van der Waals surface area contributed by atoms with Crippen molar-refractivity contribution in [3.63, 3.8) is 0 Å². The zero-order chi connectivity index (χ0) is 13.3. The number of nitrogens with two attached hydrogens (primary N) is 1. The molecule has 2 rings (SSSR count). The number of carbonyl (C=O) groups is 1. The zero-order valence-electron chi connectivity index (χ0n) is 11.0. The smallest absolute Gasteiger partial charge is 0.223 e. The van der Waals surface area contributed by atoms with Crippen LogP contribution >= 0.6 is 0 Å². The van der Waals surface area contributed by atoms with Crippen molar-refractivity contribution in [2.75, 3.05) is 36.2 Å². The van der Waals surface area contributed by atoms with Crippen LogP contribution in [0.4, 0.5) is 17.1 Å². The molecule has 1 aromatic carbocycles. The van der Waals surface area contributed by atoms with Crippen LogP contribution in [-0.4, -0.2) is 31.7 Å². The number of hydrogen-bond acceptors (Lipinski definition) is 4. The molecule has 0 radical (unpaired) electrons. The van der Waals surface area contributed by atoms with E-state index in [2.05, 4.69) is 12.2 Å². The number of nitrogens with zero attached hydrogens (tertiary/aromatic N) is 1. The first-order valence-electron chi connectivity index (χ1n) is 5.91. The van der Waals surface area contributed by atoms with Crippen molar-refractivity contribution in [3.8, 4) is 0 Å². The van der Waals surface area contributed by atoms with Crippen LogP contribution in [-0.2, 0) is 9.53 Å². The molecule has 1 fully saturated rings. The van der Waals surface area contributed by atoms with E-state index in [0.717, 1.165) is 11.4 Å². The van der Waals surface area contributed by atoms with Crippen molar-refractivity contribution in [2.24, 2.45) is 0 Å². The molecule has 0 atom stereocenters. The molecule has 1 aromatic rings. The number of carbonyl (C=O) groups excluding carboxylic acids is 1. The van der Waals surface area contributed by atoms with Gasteiger partial charge in [-0.25, -0.2) is 0 Å². The van der Waals surface area contributed by atoms with Crippen molar-refractivity contribution in [1.29, 1.82) is 0 Å². The van der Waals surface area contributed by atoms with Gasteiger partial charge >= 0.3 is 0 Å². The van der Waals surface area contributed by atoms with E-state index in [0.29, 0.717) is 18.9 Å². The molecule has 1 aliphatic rings. The maximum atomic E-state index is 11.3. The fourth-order valence-corrected chi connectivity index (χ4v) is 1.86. The predicted octanol–water partition coefficient (Wildman–Crippen LogP) is 1.45. The van der Waals surface area contributed by atoms with E-state index in [1.165, 1.54) is 6.92 Å². The molecule has 1 amide bonds. The van der Waals surface area contributed by atoms with Crippen LogP contribution in [0.15, 0.2) is 18.2 Å². The summed E-state index contributed by atoms with van der Waals surface area (Å²) >= 11 is 0. The zero-order valence-corrected chi connectivity index (χ0v) is 11.0. The third-order valence-electron chi connectivity index (χ3n) is 3.17. The van der Waals surface area contributed by atoms with Crippen LogP contribution < -0.4 is 16.0 Å². The van der Waals surface area contributed by atoms with Gasteiger partial charge in [-0.05, 0) is 25.1 Å². The lowest BCUT2D eigenvalue weighted by atomic mass is 10.00. The summed E-state index contributed by atoms with van der Waals surface area (Å²) in [6.07, 6.45) is 0. The first-order valence-corrected chi connectivity index (χ1v) is 5.91. The largest absolute Gasteiger partial charge is 0.397 e. The lowest BCUT2D eigenvalue weighted by Gasteiger charge is -2.40. The van der Waals surface area contributed by atoms with Crippen LogP contribution in [0, 0.1) is 0 Å². The lowest BCUT2D eigenvalue weighted by Crippen LogP contribution is -2.53. The Morgan fingerprint density at radius 1 is 1.50 bits per heavy atom. The van der Waals surface area contributed by atoms with Gasteiger partial charge in [-0.3, -0.25) is 4.79 Å². The summed E-state index contributed by atoms with van der Waals surface area (Å²) in [5.41, 5.74) is 8.27. The van der Waals surface area contributed by atoms with Crippen LogP contribution in [0.2, 0.25) is 0 Å². The Labute approximate surface area is 107 Å². The maximum absolute atomic E-state index is 11.3. The third-order valence-corrected chi connectivity index (χ3v) is 3.17. The first-order chi connectivity index (χ1) is 8.41. The number of nitrogen functional groups attached to an aromatic ring is 1. The second kappa shape index (κ2) is 4.49. The van der Waals surface area contributed by atoms with Crippen LogP contribution in [0.25, 0.3) is 0 Å². The van der Waals surface area contributed by atoms with Gasteiger partial charge in [0, 0.05) is 19.7 Å². The second-order valence-corrected chi connectivity index (χ2v) is 5.03. The van der Waals surface area contributed by atoms with E-state index < -0.39 is 0 Å². The fraction of sp³-hybridized carbons (Fsp3) is 0.462. The van der Waals surface area contributed by atoms with Crippen molar-refractivity contribution in [3.05, 3.63) is 18.2 Å². The van der Waals surface area contributed by atoms with Crippen LogP contribution in [0.5, 0.6) is 0 Å². The Bertz CT molecular complexity index is 469. The third kappa shape index (κ3) is 2.41. The SMILES string of the molecule is CC(=O)N(C)c1ccc(NC2(C)COC2)c(N)c1. The van der Waals surface area contributed by atoms with Gasteiger partial charge in [0.15, 0.2) is 0 Å². The molecule has 0 bridgehead atoms. The number of rotatable bonds is 3. The van der Waals surface area contributed by atoms with E-state index in [1.54, 1.807) is 18.0 Å². The number of hydrogen-bond donors (Lipinski definition) is 2. The molecule has 0 unspecified atom stereocenters. The summed E-state index contributed by atoms with van der Waals surface area (Å²) < 4.78 is 5.19. The summed E-state index contributed by atoms with van der Waals surface area (Å²) in [6, 6.07) is 5.57. The molecule has 1 saturated heterocycles. The molecule has 5 nitrogen and oxygen atoms in total. The molecule has 1 heterocycles. The molecule has 1 aliphatic heterocycles. The van der Waals surface area contributed by atoms with Gasteiger partial charge in [0.05, 0.1) is 30.1 Å². The molecule has 5 heteroatoms. The van der Waals surface area contributed by atoms with Gasteiger partial charge in [0.25, 0.3) is 0 Å². The maximum Gasteiger partial charge on any atom is 0.223 e. The number of nitrogens with one attached hydrogen (secondary N) is 1. The highest BCUT2D eigenvalue weighted by Gasteiger charge is 2.33. The quantitative estimate of drug-likeness (QED) is 0.796. The van der Waals surface area contributed by atoms with Gasteiger partial charge in [0.2, 0.25) is 5.91 Å². The molecular formula is C13H19N3O2. The molecule has 3 N–H and O–H groups in total. The predicted molar refractivity (Wildman–Crippen MR) is 72.8 cm³/mol. The number of ether oxygens (including phenoxy) is 1. The average molecular weight is 249 g/mol. The summed E-state index contributed by atoms with van der Waals surface area (Å²) in [5.74, 6) is -0.0190.